The van der Waals surface area contributed by atoms with E-state index in [-0.39, 0.29) is 25.7 Å². The molecule has 10 heteroatoms. The summed E-state index contributed by atoms with van der Waals surface area (Å²) in [4.78, 5) is 20.9. The van der Waals surface area contributed by atoms with Crippen LogP contribution in [0.15, 0.2) is 36.6 Å². The van der Waals surface area contributed by atoms with E-state index in [2.05, 4.69) is 17.8 Å². The number of hydrogen-bond donors (Lipinski definition) is 6. The quantitative estimate of drug-likeness (QED) is 0.0459. The summed E-state index contributed by atoms with van der Waals surface area (Å²) >= 11 is 0. The van der Waals surface area contributed by atoms with Crippen LogP contribution in [0.25, 0.3) is 0 Å². The van der Waals surface area contributed by atoms with Crippen molar-refractivity contribution in [2.75, 3.05) is 40.1 Å². The monoisotopic (exact) mass is 552 g/mol. The number of likely N-dealkylation sites (N-methyl/N-ethyl adjacent to an activating group) is 1. The topological polar surface area (TPSA) is 172 Å². The van der Waals surface area contributed by atoms with Crippen molar-refractivity contribution in [1.29, 1.82) is 0 Å². The lowest BCUT2D eigenvalue weighted by atomic mass is 10.1. The summed E-state index contributed by atoms with van der Waals surface area (Å²) in [5.74, 6) is 2.71. The number of benzene rings is 1. The zero-order valence-electron chi connectivity index (χ0n) is 23.2. The molecule has 0 saturated heterocycles. The molecule has 222 valence electrons. The zero-order valence-corrected chi connectivity index (χ0v) is 23.2. The van der Waals surface area contributed by atoms with Gasteiger partial charge in [-0.2, -0.15) is 0 Å². The number of allylic oxidation sites excluding steroid dienone is 1. The Hall–Kier alpha value is -2.62. The molecule has 0 amide bonds. The normalized spacial score (nSPS) is 12.4. The Bertz CT molecular complexity index is 768. The minimum absolute atomic E-state index is 0.0797. The summed E-state index contributed by atoms with van der Waals surface area (Å²) in [7, 11) is 1.64. The maximum atomic E-state index is 10.8. The van der Waals surface area contributed by atoms with E-state index < -0.39 is 18.3 Å². The third-order valence-corrected chi connectivity index (χ3v) is 5.18. The van der Waals surface area contributed by atoms with E-state index in [4.69, 9.17) is 31.8 Å². The SMILES string of the molecule is C#Cc1ccc(CC=O)cc1.C=C(O)CCCCO.CNCC(O)[C@@H](O)[C@@H](C=O)OCOCCCCCCN. The van der Waals surface area contributed by atoms with Crippen molar-refractivity contribution >= 4 is 12.6 Å². The lowest BCUT2D eigenvalue weighted by Crippen LogP contribution is -2.44. The molecule has 39 heavy (non-hydrogen) atoms. The molecule has 0 heterocycles. The van der Waals surface area contributed by atoms with Gasteiger partial charge in [-0.3, -0.25) is 0 Å². The van der Waals surface area contributed by atoms with Gasteiger partial charge < -0.3 is 50.5 Å². The Kier molecular flexibility index (Phi) is 28.0. The average molecular weight is 553 g/mol. The fourth-order valence-electron chi connectivity index (χ4n) is 2.93. The molecule has 1 rings (SSSR count). The first-order chi connectivity index (χ1) is 18.8. The third-order valence-electron chi connectivity index (χ3n) is 5.18. The molecule has 1 unspecified atom stereocenters. The highest BCUT2D eigenvalue weighted by Crippen LogP contribution is 2.04. The smallest absolute Gasteiger partial charge is 0.151 e. The van der Waals surface area contributed by atoms with E-state index in [1.807, 2.05) is 24.3 Å². The average Bonchev–Trinajstić information content (AvgIpc) is 2.93. The highest BCUT2D eigenvalue weighted by atomic mass is 16.7. The highest BCUT2D eigenvalue weighted by Gasteiger charge is 2.26. The number of carbonyl (C=O) groups excluding carboxylic acids is 2. The first-order valence-corrected chi connectivity index (χ1v) is 13.1. The first kappa shape index (κ1) is 38.5. The molecular formula is C29H48N2O8. The van der Waals surface area contributed by atoms with Crippen LogP contribution in [0.3, 0.4) is 0 Å². The number of unbranched alkanes of at least 4 members (excludes halogenated alkanes) is 4. The van der Waals surface area contributed by atoms with Gasteiger partial charge >= 0.3 is 0 Å². The van der Waals surface area contributed by atoms with Gasteiger partial charge in [-0.1, -0.05) is 37.5 Å². The van der Waals surface area contributed by atoms with Crippen LogP contribution >= 0.6 is 0 Å². The van der Waals surface area contributed by atoms with Crippen molar-refractivity contribution in [1.82, 2.24) is 5.32 Å². The Labute approximate surface area is 233 Å². The highest BCUT2D eigenvalue weighted by molar-refractivity contribution is 5.57. The molecule has 10 nitrogen and oxygen atoms in total. The molecule has 0 aromatic heterocycles. The lowest BCUT2D eigenvalue weighted by Gasteiger charge is -2.22. The zero-order chi connectivity index (χ0) is 29.7. The molecule has 7 N–H and O–H groups in total. The molecule has 0 spiro atoms. The molecule has 1 aromatic carbocycles. The second-order valence-electron chi connectivity index (χ2n) is 8.57. The summed E-state index contributed by atoms with van der Waals surface area (Å²) in [6, 6.07) is 7.39. The van der Waals surface area contributed by atoms with Crippen LogP contribution < -0.4 is 11.1 Å². The summed E-state index contributed by atoms with van der Waals surface area (Å²) in [6.07, 6.45) is 9.76. The lowest BCUT2D eigenvalue weighted by molar-refractivity contribution is -0.155. The summed E-state index contributed by atoms with van der Waals surface area (Å²) in [5.41, 5.74) is 7.23. The minimum Gasteiger partial charge on any atom is -0.513 e. The van der Waals surface area contributed by atoms with Gasteiger partial charge in [-0.15, -0.1) is 6.42 Å². The number of ether oxygens (including phenoxy) is 2. The van der Waals surface area contributed by atoms with Gasteiger partial charge in [0.05, 0.1) is 11.9 Å². The standard InChI is InChI=1S/C13H28N2O5.C10H8O.C6H12O2/c1-15-8-11(17)13(18)12(9-16)20-10-19-7-5-3-2-4-6-14;1-2-9-3-5-10(6-4-9)7-8-11;1-6(8)4-2-3-5-7/h9,11-13,15,17-18H,2-8,10,14H2,1H3;1,3-6,8H,7H2;7-8H,1-5H2/t11?,12-,13-;;/m1../s1. The van der Waals surface area contributed by atoms with Crippen molar-refractivity contribution in [3.8, 4) is 12.3 Å². The molecule has 0 fully saturated rings. The summed E-state index contributed by atoms with van der Waals surface area (Å²) < 4.78 is 10.3. The Morgan fingerprint density at radius 1 is 1.13 bits per heavy atom. The van der Waals surface area contributed by atoms with Crippen molar-refractivity contribution < 1.29 is 39.5 Å². The fourth-order valence-corrected chi connectivity index (χ4v) is 2.93. The number of terminal acetylenes is 1. The number of hydrogen-bond acceptors (Lipinski definition) is 10. The van der Waals surface area contributed by atoms with Crippen LogP contribution in [-0.4, -0.2) is 91.5 Å². The molecule has 0 radical (unpaired) electrons. The van der Waals surface area contributed by atoms with Crippen molar-refractivity contribution in [3.63, 3.8) is 0 Å². The molecule has 0 aliphatic carbocycles. The maximum absolute atomic E-state index is 10.8. The van der Waals surface area contributed by atoms with Crippen molar-refractivity contribution in [3.05, 3.63) is 47.7 Å². The number of aliphatic hydroxyl groups excluding tert-OH is 4. The predicted octanol–water partition coefficient (Wildman–Crippen LogP) is 1.63. The van der Waals surface area contributed by atoms with Gasteiger partial charge in [-0.05, 0) is 57.0 Å². The third kappa shape index (κ3) is 24.2. The van der Waals surface area contributed by atoms with Crippen LogP contribution in [0, 0.1) is 12.3 Å². The van der Waals surface area contributed by atoms with E-state index >= 15 is 0 Å². The largest absolute Gasteiger partial charge is 0.513 e. The van der Waals surface area contributed by atoms with Gasteiger partial charge in [-0.25, -0.2) is 0 Å². The Morgan fingerprint density at radius 2 is 1.79 bits per heavy atom. The molecule has 0 aliphatic heterocycles. The number of aldehydes is 2. The van der Waals surface area contributed by atoms with Crippen LogP contribution in [0.4, 0.5) is 0 Å². The summed E-state index contributed by atoms with van der Waals surface area (Å²) in [5, 5.41) is 38.7. The van der Waals surface area contributed by atoms with E-state index in [0.717, 1.165) is 55.9 Å². The van der Waals surface area contributed by atoms with E-state index in [9.17, 15) is 19.8 Å². The predicted molar refractivity (Wildman–Crippen MR) is 152 cm³/mol. The van der Waals surface area contributed by atoms with E-state index in [1.54, 1.807) is 7.05 Å². The van der Waals surface area contributed by atoms with Gasteiger partial charge in [0.15, 0.2) is 6.29 Å². The molecule has 0 saturated carbocycles. The minimum atomic E-state index is -1.27. The molecule has 1 aromatic rings. The van der Waals surface area contributed by atoms with E-state index in [0.29, 0.717) is 32.3 Å². The Morgan fingerprint density at radius 3 is 2.31 bits per heavy atom. The van der Waals surface area contributed by atoms with Crippen LogP contribution in [0.1, 0.15) is 56.1 Å². The second kappa shape index (κ2) is 28.4. The maximum Gasteiger partial charge on any atom is 0.151 e. The van der Waals surface area contributed by atoms with Crippen molar-refractivity contribution in [2.24, 2.45) is 5.73 Å². The van der Waals surface area contributed by atoms with Crippen LogP contribution in [0.5, 0.6) is 0 Å². The number of aliphatic hydroxyl groups is 4. The first-order valence-electron chi connectivity index (χ1n) is 13.1. The van der Waals surface area contributed by atoms with E-state index in [1.165, 1.54) is 0 Å². The van der Waals surface area contributed by atoms with Gasteiger partial charge in [0.2, 0.25) is 0 Å². The molecular weight excluding hydrogens is 504 g/mol. The van der Waals surface area contributed by atoms with Crippen LogP contribution in [0.2, 0.25) is 0 Å². The number of nitrogens with two attached hydrogens (primary N) is 1. The molecule has 0 aliphatic rings. The number of carbonyl (C=O) groups is 2. The molecule has 3 atom stereocenters. The number of nitrogens with one attached hydrogen (secondary N) is 1. The Balaban J connectivity index is 0. The van der Waals surface area contributed by atoms with Crippen molar-refractivity contribution in [2.45, 2.75) is 69.7 Å². The van der Waals surface area contributed by atoms with Crippen LogP contribution in [-0.2, 0) is 25.5 Å². The second-order valence-corrected chi connectivity index (χ2v) is 8.57. The van der Waals surface area contributed by atoms with Gasteiger partial charge in [0, 0.05) is 38.2 Å². The van der Waals surface area contributed by atoms with Gasteiger partial charge in [0.1, 0.15) is 25.3 Å². The fraction of sp³-hybridized carbons (Fsp3) is 0.586. The summed E-state index contributed by atoms with van der Waals surface area (Å²) in [6.45, 7) is 4.84. The molecule has 0 bridgehead atoms. The van der Waals surface area contributed by atoms with Gasteiger partial charge in [0.25, 0.3) is 0 Å². The number of rotatable bonds is 20.